The minimum absolute atomic E-state index is 0.0649. The summed E-state index contributed by atoms with van der Waals surface area (Å²) in [6.07, 6.45) is 0. The van der Waals surface area contributed by atoms with E-state index in [0.717, 1.165) is 0 Å². The van der Waals surface area contributed by atoms with Crippen LogP contribution in [0.15, 0.2) is 18.2 Å². The highest BCUT2D eigenvalue weighted by Gasteiger charge is 2.20. The van der Waals surface area contributed by atoms with Gasteiger partial charge in [0.05, 0.1) is 18.2 Å². The van der Waals surface area contributed by atoms with E-state index in [2.05, 4.69) is 5.32 Å². The van der Waals surface area contributed by atoms with Crippen molar-refractivity contribution in [2.45, 2.75) is 25.9 Å². The monoisotopic (exact) mass is 239 g/mol. The second kappa shape index (κ2) is 5.65. The van der Waals surface area contributed by atoms with E-state index in [9.17, 15) is 15.0 Å². The lowest BCUT2D eigenvalue weighted by molar-refractivity contribution is 0.0935. The summed E-state index contributed by atoms with van der Waals surface area (Å²) in [5, 5.41) is 30.6. The Hall–Kier alpha value is -1.59. The maximum absolute atomic E-state index is 12.0. The Kier molecular flexibility index (Phi) is 4.48. The topological polar surface area (TPSA) is 89.8 Å². The van der Waals surface area contributed by atoms with Crippen LogP contribution in [0.4, 0.5) is 0 Å². The van der Waals surface area contributed by atoms with Gasteiger partial charge in [0.25, 0.3) is 0 Å². The molecule has 2 atom stereocenters. The van der Waals surface area contributed by atoms with Crippen molar-refractivity contribution < 1.29 is 20.1 Å². The number of carbonyl (C=O) groups excluding carboxylic acids is 1. The summed E-state index contributed by atoms with van der Waals surface area (Å²) in [6.45, 7) is 3.30. The number of aliphatic hydroxyl groups excluding tert-OH is 1. The number of phenols is 2. The molecule has 5 heteroatoms. The standard InChI is InChI=1S/C12H17NO4/c1-7(6-14)13-8(2)11(16)9-4-3-5-10(15)12(9)17/h3-5,7-8,13-15,17H,6H2,1-2H3. The first kappa shape index (κ1) is 13.5. The van der Waals surface area contributed by atoms with Crippen molar-refractivity contribution in [3.63, 3.8) is 0 Å². The van der Waals surface area contributed by atoms with Crippen molar-refractivity contribution in [3.05, 3.63) is 23.8 Å². The lowest BCUT2D eigenvalue weighted by atomic mass is 10.0. The van der Waals surface area contributed by atoms with E-state index in [1.807, 2.05) is 0 Å². The molecule has 0 aromatic heterocycles. The summed E-state index contributed by atoms with van der Waals surface area (Å²) in [7, 11) is 0. The maximum Gasteiger partial charge on any atom is 0.183 e. The third-order valence-corrected chi connectivity index (χ3v) is 2.48. The van der Waals surface area contributed by atoms with E-state index >= 15 is 0 Å². The molecular formula is C12H17NO4. The van der Waals surface area contributed by atoms with Gasteiger partial charge in [-0.25, -0.2) is 0 Å². The predicted molar refractivity (Wildman–Crippen MR) is 63.2 cm³/mol. The molecule has 1 aromatic carbocycles. The average Bonchev–Trinajstić information content (AvgIpc) is 2.31. The second-order valence-corrected chi connectivity index (χ2v) is 4.01. The number of hydrogen-bond donors (Lipinski definition) is 4. The highest BCUT2D eigenvalue weighted by atomic mass is 16.3. The third-order valence-electron chi connectivity index (χ3n) is 2.48. The summed E-state index contributed by atoms with van der Waals surface area (Å²) in [5.41, 5.74) is 0.0649. The van der Waals surface area contributed by atoms with Gasteiger partial charge in [-0.3, -0.25) is 4.79 Å². The van der Waals surface area contributed by atoms with Gasteiger partial charge in [-0.1, -0.05) is 6.07 Å². The molecular weight excluding hydrogens is 222 g/mol. The van der Waals surface area contributed by atoms with Crippen LogP contribution in [-0.2, 0) is 0 Å². The summed E-state index contributed by atoms with van der Waals surface area (Å²) in [4.78, 5) is 12.0. The molecule has 0 aliphatic rings. The summed E-state index contributed by atoms with van der Waals surface area (Å²) < 4.78 is 0. The second-order valence-electron chi connectivity index (χ2n) is 4.01. The Bertz CT molecular complexity index is 405. The lowest BCUT2D eigenvalue weighted by Crippen LogP contribution is -2.41. The van der Waals surface area contributed by atoms with E-state index < -0.39 is 11.8 Å². The minimum atomic E-state index is -0.551. The van der Waals surface area contributed by atoms with Crippen molar-refractivity contribution in [1.82, 2.24) is 5.32 Å². The third kappa shape index (κ3) is 3.18. The van der Waals surface area contributed by atoms with E-state index in [0.29, 0.717) is 0 Å². The van der Waals surface area contributed by atoms with Crippen LogP contribution in [0.5, 0.6) is 11.5 Å². The average molecular weight is 239 g/mol. The highest BCUT2D eigenvalue weighted by molar-refractivity contribution is 6.02. The first-order chi connectivity index (χ1) is 7.97. The molecule has 0 aliphatic carbocycles. The van der Waals surface area contributed by atoms with Crippen molar-refractivity contribution in [2.24, 2.45) is 0 Å². The van der Waals surface area contributed by atoms with Gasteiger partial charge < -0.3 is 20.6 Å². The van der Waals surface area contributed by atoms with E-state index in [1.54, 1.807) is 13.8 Å². The van der Waals surface area contributed by atoms with Gasteiger partial charge in [0, 0.05) is 6.04 Å². The van der Waals surface area contributed by atoms with Crippen LogP contribution in [0.25, 0.3) is 0 Å². The molecule has 0 radical (unpaired) electrons. The molecule has 0 amide bonds. The van der Waals surface area contributed by atoms with E-state index in [-0.39, 0.29) is 29.7 Å². The molecule has 0 aliphatic heterocycles. The zero-order chi connectivity index (χ0) is 13.0. The van der Waals surface area contributed by atoms with Crippen LogP contribution < -0.4 is 5.32 Å². The van der Waals surface area contributed by atoms with Gasteiger partial charge in [0.1, 0.15) is 0 Å². The van der Waals surface area contributed by atoms with Gasteiger partial charge in [0.15, 0.2) is 17.3 Å². The lowest BCUT2D eigenvalue weighted by Gasteiger charge is -2.17. The Morgan fingerprint density at radius 1 is 1.35 bits per heavy atom. The highest BCUT2D eigenvalue weighted by Crippen LogP contribution is 2.28. The van der Waals surface area contributed by atoms with Gasteiger partial charge in [0.2, 0.25) is 0 Å². The molecule has 4 N–H and O–H groups in total. The number of phenolic OH excluding ortho intramolecular Hbond substituents is 2. The molecule has 5 nitrogen and oxygen atoms in total. The number of rotatable bonds is 5. The number of aliphatic hydroxyl groups is 1. The van der Waals surface area contributed by atoms with Crippen molar-refractivity contribution >= 4 is 5.78 Å². The Morgan fingerprint density at radius 2 is 2.00 bits per heavy atom. The molecule has 17 heavy (non-hydrogen) atoms. The quantitative estimate of drug-likeness (QED) is 0.447. The fourth-order valence-corrected chi connectivity index (χ4v) is 1.52. The molecule has 0 saturated heterocycles. The van der Waals surface area contributed by atoms with E-state index in [4.69, 9.17) is 5.11 Å². The van der Waals surface area contributed by atoms with Crippen LogP contribution in [0.3, 0.4) is 0 Å². The molecule has 0 bridgehead atoms. The number of nitrogens with one attached hydrogen (secondary N) is 1. The molecule has 1 aromatic rings. The number of hydrogen-bond acceptors (Lipinski definition) is 5. The normalized spacial score (nSPS) is 14.3. The Morgan fingerprint density at radius 3 is 2.59 bits per heavy atom. The first-order valence-electron chi connectivity index (χ1n) is 5.39. The van der Waals surface area contributed by atoms with Crippen molar-refractivity contribution in [2.75, 3.05) is 6.61 Å². The fraction of sp³-hybridized carbons (Fsp3) is 0.417. The molecule has 94 valence electrons. The SMILES string of the molecule is CC(CO)NC(C)C(=O)c1cccc(O)c1O. The number of para-hydroxylation sites is 1. The number of aromatic hydroxyl groups is 2. The molecule has 1 rings (SSSR count). The summed E-state index contributed by atoms with van der Waals surface area (Å²) in [5.74, 6) is -1.07. The maximum atomic E-state index is 12.0. The van der Waals surface area contributed by atoms with Crippen LogP contribution >= 0.6 is 0 Å². The zero-order valence-electron chi connectivity index (χ0n) is 9.84. The van der Waals surface area contributed by atoms with Crippen LogP contribution in [0.2, 0.25) is 0 Å². The number of benzene rings is 1. The smallest absolute Gasteiger partial charge is 0.183 e. The van der Waals surface area contributed by atoms with Crippen molar-refractivity contribution in [3.8, 4) is 11.5 Å². The van der Waals surface area contributed by atoms with Crippen LogP contribution in [-0.4, -0.2) is 39.8 Å². The van der Waals surface area contributed by atoms with Gasteiger partial charge >= 0.3 is 0 Å². The Balaban J connectivity index is 2.85. The van der Waals surface area contributed by atoms with Gasteiger partial charge in [-0.2, -0.15) is 0 Å². The minimum Gasteiger partial charge on any atom is -0.504 e. The largest absolute Gasteiger partial charge is 0.504 e. The van der Waals surface area contributed by atoms with Crippen LogP contribution in [0, 0.1) is 0 Å². The first-order valence-corrected chi connectivity index (χ1v) is 5.39. The summed E-state index contributed by atoms with van der Waals surface area (Å²) >= 11 is 0. The number of ketones is 1. The molecule has 0 saturated carbocycles. The predicted octanol–water partition coefficient (Wildman–Crippen LogP) is 0.639. The Labute approximate surface area is 99.7 Å². The van der Waals surface area contributed by atoms with Gasteiger partial charge in [-0.15, -0.1) is 0 Å². The fourth-order valence-electron chi connectivity index (χ4n) is 1.52. The van der Waals surface area contributed by atoms with E-state index in [1.165, 1.54) is 18.2 Å². The van der Waals surface area contributed by atoms with Crippen molar-refractivity contribution in [1.29, 1.82) is 0 Å². The summed E-state index contributed by atoms with van der Waals surface area (Å²) in [6, 6.07) is 3.47. The molecule has 0 spiro atoms. The van der Waals surface area contributed by atoms with Gasteiger partial charge in [-0.05, 0) is 26.0 Å². The van der Waals surface area contributed by atoms with Crippen LogP contribution in [0.1, 0.15) is 24.2 Å². The number of Topliss-reactive ketones (excluding diaryl/α,β-unsaturated/α-hetero) is 1. The zero-order valence-corrected chi connectivity index (χ0v) is 9.84. The molecule has 0 fully saturated rings. The number of carbonyl (C=O) groups is 1. The molecule has 0 heterocycles. The molecule has 2 unspecified atom stereocenters.